The molecule has 0 atom stereocenters. The SMILES string of the molecule is Cc1cc2c3c(c1)N(c1cccc4c1C(C)(C)c1ccccc1-4)c1cc4c(cc1B3c1ccc(C(C)(C)C)cc1N2c1cc2c(cc1C)C(C)(C)CC2(C)C)C(C)(C)CCC4(C)C. The van der Waals surface area contributed by atoms with Crippen molar-refractivity contribution >= 4 is 57.2 Å². The zero-order chi connectivity index (χ0) is 44.7. The summed E-state index contributed by atoms with van der Waals surface area (Å²) in [4.78, 5) is 5.43. The monoisotopic (exact) mass is 827 g/mol. The Morgan fingerprint density at radius 2 is 1.03 bits per heavy atom. The number of aryl methyl sites for hydroxylation is 2. The average molecular weight is 827 g/mol. The Morgan fingerprint density at radius 1 is 0.476 bits per heavy atom. The van der Waals surface area contributed by atoms with Gasteiger partial charge < -0.3 is 9.80 Å². The molecule has 0 saturated heterocycles. The molecule has 0 saturated carbocycles. The van der Waals surface area contributed by atoms with Crippen LogP contribution in [0, 0.1) is 13.8 Å². The summed E-state index contributed by atoms with van der Waals surface area (Å²) in [7, 11) is 0. The molecule has 6 aromatic carbocycles. The second kappa shape index (κ2) is 12.6. The van der Waals surface area contributed by atoms with Gasteiger partial charge in [0.2, 0.25) is 0 Å². The Kier molecular flexibility index (Phi) is 8.16. The maximum Gasteiger partial charge on any atom is 0.252 e. The highest BCUT2D eigenvalue weighted by Crippen LogP contribution is 2.57. The summed E-state index contributed by atoms with van der Waals surface area (Å²) in [5.41, 5.74) is 27.9. The minimum Gasteiger partial charge on any atom is -0.311 e. The predicted octanol–water partition coefficient (Wildman–Crippen LogP) is 14.3. The van der Waals surface area contributed by atoms with Gasteiger partial charge in [0.1, 0.15) is 0 Å². The summed E-state index contributed by atoms with van der Waals surface area (Å²) in [6.45, 7) is 36.5. The van der Waals surface area contributed by atoms with Crippen LogP contribution < -0.4 is 26.2 Å². The van der Waals surface area contributed by atoms with E-state index in [1.54, 1.807) is 0 Å². The molecule has 3 aliphatic carbocycles. The minimum atomic E-state index is -0.178. The lowest BCUT2D eigenvalue weighted by Crippen LogP contribution is -2.62. The molecule has 2 heterocycles. The first-order valence-corrected chi connectivity index (χ1v) is 23.9. The summed E-state index contributed by atoms with van der Waals surface area (Å²) in [5.74, 6) is 0. The second-order valence-electron chi connectivity index (χ2n) is 24.6. The zero-order valence-corrected chi connectivity index (χ0v) is 40.8. The van der Waals surface area contributed by atoms with Crippen molar-refractivity contribution in [3.63, 3.8) is 0 Å². The Bertz CT molecular complexity index is 2980. The Morgan fingerprint density at radius 3 is 1.70 bits per heavy atom. The van der Waals surface area contributed by atoms with Crippen molar-refractivity contribution < 1.29 is 0 Å². The Hall–Kier alpha value is -5.02. The molecule has 0 unspecified atom stereocenters. The summed E-state index contributed by atoms with van der Waals surface area (Å²) < 4.78 is 0. The van der Waals surface area contributed by atoms with Gasteiger partial charge in [-0.15, -0.1) is 0 Å². The van der Waals surface area contributed by atoms with Crippen LogP contribution in [0.25, 0.3) is 11.1 Å². The lowest BCUT2D eigenvalue weighted by Gasteiger charge is -2.48. The van der Waals surface area contributed by atoms with E-state index < -0.39 is 0 Å². The molecular weight excluding hydrogens is 759 g/mol. The van der Waals surface area contributed by atoms with Crippen LogP contribution in [-0.2, 0) is 32.5 Å². The number of hydrogen-bond donors (Lipinski definition) is 0. The van der Waals surface area contributed by atoms with Gasteiger partial charge in [-0.2, -0.15) is 0 Å². The van der Waals surface area contributed by atoms with Gasteiger partial charge in [0.25, 0.3) is 6.71 Å². The van der Waals surface area contributed by atoms with Crippen molar-refractivity contribution in [2.45, 2.75) is 156 Å². The minimum absolute atomic E-state index is 0.00818. The zero-order valence-electron chi connectivity index (χ0n) is 40.8. The van der Waals surface area contributed by atoms with Crippen molar-refractivity contribution in [1.29, 1.82) is 0 Å². The van der Waals surface area contributed by atoms with Crippen LogP contribution in [0.15, 0.2) is 97.1 Å². The summed E-state index contributed by atoms with van der Waals surface area (Å²) in [6.07, 6.45) is 3.51. The van der Waals surface area contributed by atoms with Crippen LogP contribution in [0.5, 0.6) is 0 Å². The molecule has 0 spiro atoms. The number of benzene rings is 6. The van der Waals surface area contributed by atoms with Crippen LogP contribution in [0.2, 0.25) is 0 Å². The topological polar surface area (TPSA) is 6.48 Å². The van der Waals surface area contributed by atoms with Gasteiger partial charge in [0.15, 0.2) is 0 Å². The fraction of sp³-hybridized carbons (Fsp3) is 0.400. The van der Waals surface area contributed by atoms with E-state index in [2.05, 4.69) is 211 Å². The van der Waals surface area contributed by atoms with E-state index >= 15 is 0 Å². The maximum absolute atomic E-state index is 2.73. The molecular formula is C60H67BN2. The third-order valence-corrected chi connectivity index (χ3v) is 16.8. The van der Waals surface area contributed by atoms with Gasteiger partial charge in [-0.25, -0.2) is 0 Å². The lowest BCUT2D eigenvalue weighted by molar-refractivity contribution is 0.332. The maximum atomic E-state index is 2.73. The van der Waals surface area contributed by atoms with Crippen molar-refractivity contribution in [2.24, 2.45) is 0 Å². The summed E-state index contributed by atoms with van der Waals surface area (Å²) >= 11 is 0. The first-order chi connectivity index (χ1) is 29.4. The lowest BCUT2D eigenvalue weighted by atomic mass is 9.33. The second-order valence-corrected chi connectivity index (χ2v) is 24.6. The van der Waals surface area contributed by atoms with E-state index in [0.29, 0.717) is 0 Å². The molecule has 0 N–H and O–H groups in total. The molecule has 0 bridgehead atoms. The highest BCUT2D eigenvalue weighted by Gasteiger charge is 2.49. The molecule has 0 amide bonds. The van der Waals surface area contributed by atoms with Crippen LogP contribution in [0.4, 0.5) is 34.1 Å². The van der Waals surface area contributed by atoms with Gasteiger partial charge in [0.05, 0.1) is 5.69 Å². The standard InChI is InChI=1S/C60H67BN2/c1-35-27-51-54-52(28-35)63(48-32-44-41(29-36(48)2)58(10,11)34-59(44,12)13)49-30-37(55(3,4)5)23-24-45(49)61(54)46-31-42-43(57(8,9)26-25-56(42,6)7)33-50(46)62(51)47-22-18-20-39-38-19-16-17-21-40(38)60(14,15)53(39)47/h16-24,27-33H,25-26,34H2,1-15H3. The smallest absolute Gasteiger partial charge is 0.252 e. The fourth-order valence-corrected chi connectivity index (χ4v) is 13.5. The first-order valence-electron chi connectivity index (χ1n) is 23.9. The Balaban J connectivity index is 1.27. The van der Waals surface area contributed by atoms with Crippen LogP contribution in [0.3, 0.4) is 0 Å². The average Bonchev–Trinajstić information content (AvgIpc) is 3.55. The molecule has 0 radical (unpaired) electrons. The van der Waals surface area contributed by atoms with Gasteiger partial charge in [-0.05, 0) is 174 Å². The molecule has 5 aliphatic rings. The third kappa shape index (κ3) is 5.56. The van der Waals surface area contributed by atoms with E-state index in [-0.39, 0.29) is 39.2 Å². The van der Waals surface area contributed by atoms with Gasteiger partial charge in [0, 0.05) is 33.9 Å². The van der Waals surface area contributed by atoms with Crippen LogP contribution in [-0.4, -0.2) is 6.71 Å². The van der Waals surface area contributed by atoms with E-state index in [4.69, 9.17) is 0 Å². The molecule has 2 nitrogen and oxygen atoms in total. The molecule has 6 aromatic rings. The van der Waals surface area contributed by atoms with Crippen molar-refractivity contribution in [3.8, 4) is 11.1 Å². The van der Waals surface area contributed by atoms with E-state index in [0.717, 1.165) is 6.42 Å². The Labute approximate surface area is 379 Å². The summed E-state index contributed by atoms with van der Waals surface area (Å²) in [5, 5.41) is 0. The van der Waals surface area contributed by atoms with Crippen LogP contribution >= 0.6 is 0 Å². The van der Waals surface area contributed by atoms with E-state index in [9.17, 15) is 0 Å². The largest absolute Gasteiger partial charge is 0.311 e. The number of hydrogen-bond acceptors (Lipinski definition) is 2. The highest BCUT2D eigenvalue weighted by atomic mass is 15.2. The van der Waals surface area contributed by atoms with Crippen molar-refractivity contribution in [3.05, 3.63) is 147 Å². The molecule has 320 valence electrons. The highest BCUT2D eigenvalue weighted by molar-refractivity contribution is 7.00. The van der Waals surface area contributed by atoms with Crippen molar-refractivity contribution in [2.75, 3.05) is 9.80 Å². The van der Waals surface area contributed by atoms with Gasteiger partial charge in [-0.3, -0.25) is 0 Å². The van der Waals surface area contributed by atoms with Gasteiger partial charge >= 0.3 is 0 Å². The quantitative estimate of drug-likeness (QED) is 0.160. The number of nitrogens with zero attached hydrogens (tertiary/aromatic N) is 2. The fourth-order valence-electron chi connectivity index (χ4n) is 13.5. The molecule has 63 heavy (non-hydrogen) atoms. The molecule has 11 rings (SSSR count). The van der Waals surface area contributed by atoms with E-state index in [1.165, 1.54) is 125 Å². The molecule has 0 fully saturated rings. The molecule has 3 heteroatoms. The normalized spacial score (nSPS) is 19.7. The predicted molar refractivity (Wildman–Crippen MR) is 272 cm³/mol. The number of anilines is 6. The third-order valence-electron chi connectivity index (χ3n) is 16.8. The van der Waals surface area contributed by atoms with Crippen molar-refractivity contribution in [1.82, 2.24) is 0 Å². The van der Waals surface area contributed by atoms with Gasteiger partial charge in [-0.1, -0.05) is 151 Å². The molecule has 2 aliphatic heterocycles. The molecule has 0 aromatic heterocycles. The summed E-state index contributed by atoms with van der Waals surface area (Å²) in [6, 6.07) is 39.3. The first kappa shape index (κ1) is 40.7. The van der Waals surface area contributed by atoms with E-state index in [1.807, 2.05) is 0 Å². The van der Waals surface area contributed by atoms with Crippen LogP contribution in [0.1, 0.15) is 159 Å². The number of fused-ring (bicyclic) bond motifs is 9. The number of rotatable bonds is 2.